The molecule has 1 saturated carbocycles. The molecule has 1 aliphatic carbocycles. The first kappa shape index (κ1) is 21.3. The Balaban J connectivity index is 1.52. The zero-order valence-electron chi connectivity index (χ0n) is 17.5. The van der Waals surface area contributed by atoms with Crippen molar-refractivity contribution in [3.05, 3.63) is 86.6 Å². The lowest BCUT2D eigenvalue weighted by atomic mass is 9.84. The maximum Gasteiger partial charge on any atom is 0.290 e. The fourth-order valence-corrected chi connectivity index (χ4v) is 4.38. The van der Waals surface area contributed by atoms with Gasteiger partial charge in [-0.05, 0) is 61.1 Å². The number of pyridine rings is 1. The lowest BCUT2D eigenvalue weighted by Gasteiger charge is -2.22. The van der Waals surface area contributed by atoms with E-state index in [1.807, 2.05) is 6.07 Å². The molecule has 31 heavy (non-hydrogen) atoms. The zero-order chi connectivity index (χ0) is 21.8. The minimum atomic E-state index is -0.432. The van der Waals surface area contributed by atoms with Gasteiger partial charge in [0.25, 0.3) is 5.69 Å². The third-order valence-corrected chi connectivity index (χ3v) is 6.16. The summed E-state index contributed by atoms with van der Waals surface area (Å²) < 4.78 is 6.10. The molecule has 4 rings (SSSR count). The fraction of sp³-hybridized carbons (Fsp3) is 0.320. The van der Waals surface area contributed by atoms with Crippen LogP contribution in [0.3, 0.4) is 0 Å². The van der Waals surface area contributed by atoms with Gasteiger partial charge in [-0.2, -0.15) is 0 Å². The largest absolute Gasteiger partial charge is 0.488 e. The predicted octanol–water partition coefficient (Wildman–Crippen LogP) is 7.25. The standard InChI is InChI=1S/C25H25ClN2O3/c1-17-24(28(29)30)13-12-23(27-17)22-15-21(26)11-14-25(22)31-16-18-7-9-20(10-8-18)19-5-3-2-4-6-19/h7-15,19H,2-6,16H2,1H3. The summed E-state index contributed by atoms with van der Waals surface area (Å²) in [6.07, 6.45) is 6.57. The second-order valence-corrected chi connectivity index (χ2v) is 8.50. The average molecular weight is 437 g/mol. The first-order valence-electron chi connectivity index (χ1n) is 10.6. The molecule has 5 nitrogen and oxygen atoms in total. The van der Waals surface area contributed by atoms with Gasteiger partial charge in [0.1, 0.15) is 18.1 Å². The van der Waals surface area contributed by atoms with Gasteiger partial charge in [-0.25, -0.2) is 4.98 Å². The number of benzene rings is 2. The monoisotopic (exact) mass is 436 g/mol. The zero-order valence-corrected chi connectivity index (χ0v) is 18.3. The van der Waals surface area contributed by atoms with Gasteiger partial charge < -0.3 is 4.74 Å². The molecule has 0 atom stereocenters. The van der Waals surface area contributed by atoms with Crippen LogP contribution in [0.5, 0.6) is 5.75 Å². The third kappa shape index (κ3) is 5.05. The molecule has 0 unspecified atom stereocenters. The number of nitro groups is 1. The highest BCUT2D eigenvalue weighted by Gasteiger charge is 2.17. The van der Waals surface area contributed by atoms with Gasteiger partial charge in [0.2, 0.25) is 0 Å². The number of nitrogens with zero attached hydrogens (tertiary/aromatic N) is 2. The van der Waals surface area contributed by atoms with Gasteiger partial charge in [0.15, 0.2) is 0 Å². The highest BCUT2D eigenvalue weighted by Crippen LogP contribution is 2.35. The number of ether oxygens (including phenoxy) is 1. The van der Waals surface area contributed by atoms with E-state index in [-0.39, 0.29) is 5.69 Å². The predicted molar refractivity (Wildman–Crippen MR) is 123 cm³/mol. The minimum absolute atomic E-state index is 0.00805. The number of rotatable bonds is 6. The first-order valence-corrected chi connectivity index (χ1v) is 11.0. The van der Waals surface area contributed by atoms with Crippen molar-refractivity contribution in [3.8, 4) is 17.0 Å². The summed E-state index contributed by atoms with van der Waals surface area (Å²) in [6, 6.07) is 17.2. The number of hydrogen-bond donors (Lipinski definition) is 0. The van der Waals surface area contributed by atoms with E-state index in [1.165, 1.54) is 43.7 Å². The third-order valence-electron chi connectivity index (χ3n) is 5.92. The van der Waals surface area contributed by atoms with Crippen molar-refractivity contribution in [1.82, 2.24) is 4.98 Å². The Morgan fingerprint density at radius 3 is 2.48 bits per heavy atom. The van der Waals surface area contributed by atoms with Crippen molar-refractivity contribution in [2.45, 2.75) is 51.6 Å². The Hall–Kier alpha value is -2.92. The van der Waals surface area contributed by atoms with Crippen molar-refractivity contribution in [2.75, 3.05) is 0 Å². The van der Waals surface area contributed by atoms with E-state index < -0.39 is 4.92 Å². The highest BCUT2D eigenvalue weighted by atomic mass is 35.5. The molecule has 0 aliphatic heterocycles. The summed E-state index contributed by atoms with van der Waals surface area (Å²) in [5.74, 6) is 1.32. The van der Waals surface area contributed by atoms with Gasteiger partial charge in [-0.3, -0.25) is 10.1 Å². The summed E-state index contributed by atoms with van der Waals surface area (Å²) in [4.78, 5) is 15.1. The maximum absolute atomic E-state index is 11.1. The molecular weight excluding hydrogens is 412 g/mol. The molecule has 0 saturated heterocycles. The Labute approximate surface area is 187 Å². The van der Waals surface area contributed by atoms with Gasteiger partial charge in [-0.1, -0.05) is 55.1 Å². The molecule has 1 aromatic heterocycles. The summed E-state index contributed by atoms with van der Waals surface area (Å²) in [5.41, 5.74) is 4.16. The van der Waals surface area contributed by atoms with Gasteiger partial charge >= 0.3 is 0 Å². The molecule has 0 radical (unpaired) electrons. The topological polar surface area (TPSA) is 65.3 Å². The van der Waals surface area contributed by atoms with Crippen molar-refractivity contribution >= 4 is 17.3 Å². The fourth-order valence-electron chi connectivity index (χ4n) is 4.21. The van der Waals surface area contributed by atoms with Crippen LogP contribution in [-0.2, 0) is 6.61 Å². The molecule has 6 heteroatoms. The number of halogens is 1. The van der Waals surface area contributed by atoms with Crippen molar-refractivity contribution in [2.24, 2.45) is 0 Å². The molecule has 0 amide bonds. The van der Waals surface area contributed by atoms with E-state index >= 15 is 0 Å². The lowest BCUT2D eigenvalue weighted by molar-refractivity contribution is -0.385. The number of aromatic nitrogens is 1. The maximum atomic E-state index is 11.1. The van der Waals surface area contributed by atoms with Crippen LogP contribution < -0.4 is 4.74 Å². The first-order chi connectivity index (χ1) is 15.0. The van der Waals surface area contributed by atoms with Gasteiger partial charge in [0, 0.05) is 16.7 Å². The molecule has 0 spiro atoms. The number of hydrogen-bond acceptors (Lipinski definition) is 4. The molecule has 1 fully saturated rings. The van der Waals surface area contributed by atoms with E-state index in [1.54, 1.807) is 25.1 Å². The van der Waals surface area contributed by atoms with Crippen molar-refractivity contribution in [1.29, 1.82) is 0 Å². The van der Waals surface area contributed by atoms with E-state index in [9.17, 15) is 10.1 Å². The Morgan fingerprint density at radius 1 is 1.06 bits per heavy atom. The molecule has 1 aliphatic rings. The van der Waals surface area contributed by atoms with Crippen LogP contribution in [0.15, 0.2) is 54.6 Å². The quantitative estimate of drug-likeness (QED) is 0.301. The summed E-state index contributed by atoms with van der Waals surface area (Å²) in [6.45, 7) is 2.05. The second-order valence-electron chi connectivity index (χ2n) is 8.06. The molecule has 0 bridgehead atoms. The van der Waals surface area contributed by atoms with Crippen LogP contribution in [0, 0.1) is 17.0 Å². The van der Waals surface area contributed by atoms with Gasteiger partial charge in [-0.15, -0.1) is 0 Å². The van der Waals surface area contributed by atoms with E-state index in [0.29, 0.717) is 40.2 Å². The highest BCUT2D eigenvalue weighted by molar-refractivity contribution is 6.30. The SMILES string of the molecule is Cc1nc(-c2cc(Cl)ccc2OCc2ccc(C3CCCCC3)cc2)ccc1[N+](=O)[O-]. The number of aryl methyl sites for hydroxylation is 1. The van der Waals surface area contributed by atoms with E-state index in [2.05, 4.69) is 29.2 Å². The van der Waals surface area contributed by atoms with Crippen molar-refractivity contribution in [3.63, 3.8) is 0 Å². The van der Waals surface area contributed by atoms with Crippen molar-refractivity contribution < 1.29 is 9.66 Å². The van der Waals surface area contributed by atoms with Crippen LogP contribution in [0.25, 0.3) is 11.3 Å². The van der Waals surface area contributed by atoms with Crippen LogP contribution in [0.1, 0.15) is 54.8 Å². The Bertz CT molecular complexity index is 1080. The normalized spacial score (nSPS) is 14.4. The molecular formula is C25H25ClN2O3. The molecule has 0 N–H and O–H groups in total. The molecule has 1 heterocycles. The minimum Gasteiger partial charge on any atom is -0.488 e. The summed E-state index contributed by atoms with van der Waals surface area (Å²) in [5, 5.41) is 11.6. The Kier molecular flexibility index (Phi) is 6.52. The van der Waals surface area contributed by atoms with E-state index in [4.69, 9.17) is 16.3 Å². The average Bonchev–Trinajstić information content (AvgIpc) is 2.79. The summed E-state index contributed by atoms with van der Waals surface area (Å²) in [7, 11) is 0. The van der Waals surface area contributed by atoms with Crippen LogP contribution in [-0.4, -0.2) is 9.91 Å². The molecule has 2 aromatic carbocycles. The molecule has 160 valence electrons. The van der Waals surface area contributed by atoms with Gasteiger partial charge in [0.05, 0.1) is 10.6 Å². The van der Waals surface area contributed by atoms with Crippen LogP contribution >= 0.6 is 11.6 Å². The van der Waals surface area contributed by atoms with E-state index in [0.717, 1.165) is 5.56 Å². The molecule has 3 aromatic rings. The second kappa shape index (κ2) is 9.48. The Morgan fingerprint density at radius 2 is 1.81 bits per heavy atom. The summed E-state index contributed by atoms with van der Waals surface area (Å²) >= 11 is 6.21. The van der Waals surface area contributed by atoms with Crippen LogP contribution in [0.2, 0.25) is 5.02 Å². The smallest absolute Gasteiger partial charge is 0.290 e. The van der Waals surface area contributed by atoms with Crippen LogP contribution in [0.4, 0.5) is 5.69 Å². The lowest BCUT2D eigenvalue weighted by Crippen LogP contribution is -2.05.